The Morgan fingerprint density at radius 1 is 0.921 bits per heavy atom. The molecule has 5 rings (SSSR count). The Hall–Kier alpha value is -4.59. The molecule has 1 saturated carbocycles. The number of nitrogens with one attached hydrogen (secondary N) is 1. The molecule has 1 heterocycles. The lowest BCUT2D eigenvalue weighted by Gasteiger charge is -2.24. The lowest BCUT2D eigenvalue weighted by atomic mass is 10.0. The van der Waals surface area contributed by atoms with Crippen LogP contribution in [-0.2, 0) is 0 Å². The second-order valence-corrected chi connectivity index (χ2v) is 9.39. The van der Waals surface area contributed by atoms with Crippen molar-refractivity contribution in [3.05, 3.63) is 83.1 Å². The fourth-order valence-electron chi connectivity index (χ4n) is 4.29. The van der Waals surface area contributed by atoms with Crippen molar-refractivity contribution in [2.45, 2.75) is 25.8 Å². The van der Waals surface area contributed by atoms with E-state index < -0.39 is 0 Å². The van der Waals surface area contributed by atoms with E-state index >= 15 is 0 Å². The van der Waals surface area contributed by atoms with E-state index in [0.29, 0.717) is 28.8 Å². The van der Waals surface area contributed by atoms with Gasteiger partial charge in [-0.15, -0.1) is 0 Å². The van der Waals surface area contributed by atoms with Crippen molar-refractivity contribution >= 4 is 29.9 Å². The van der Waals surface area contributed by atoms with Gasteiger partial charge in [-0.2, -0.15) is 10.1 Å². The number of hydrogen-bond donors (Lipinski definition) is 1. The Morgan fingerprint density at radius 3 is 2.08 bits per heavy atom. The predicted octanol–water partition coefficient (Wildman–Crippen LogP) is 5.53. The summed E-state index contributed by atoms with van der Waals surface area (Å²) in [4.78, 5) is 27.2. The fraction of sp³-hybridized carbons (Fsp3) is 0.233. The monoisotopic (exact) mass is 510 g/mol. The number of anilines is 1. The van der Waals surface area contributed by atoms with Gasteiger partial charge in [-0.3, -0.25) is 9.69 Å². The summed E-state index contributed by atoms with van der Waals surface area (Å²) in [6, 6.07) is 19.0. The van der Waals surface area contributed by atoms with Gasteiger partial charge in [-0.1, -0.05) is 24.3 Å². The molecule has 1 aliphatic carbocycles. The van der Waals surface area contributed by atoms with Crippen molar-refractivity contribution in [1.82, 2.24) is 10.3 Å². The highest BCUT2D eigenvalue weighted by atomic mass is 16.5. The number of hydrogen-bond acceptors (Lipinski definition) is 5. The summed E-state index contributed by atoms with van der Waals surface area (Å²) >= 11 is 0. The molecule has 194 valence electrons. The van der Waals surface area contributed by atoms with Crippen molar-refractivity contribution in [3.8, 4) is 22.6 Å². The molecule has 0 radical (unpaired) electrons. The number of allylic oxidation sites excluding steroid dienone is 1. The molecule has 1 fully saturated rings. The molecule has 0 bridgehead atoms. The highest BCUT2D eigenvalue weighted by Crippen LogP contribution is 2.33. The molecule has 3 aromatic carbocycles. The zero-order chi connectivity index (χ0) is 26.8. The largest absolute Gasteiger partial charge is 0.493 e. The van der Waals surface area contributed by atoms with Gasteiger partial charge in [-0.05, 0) is 78.9 Å². The zero-order valence-electron chi connectivity index (χ0n) is 21.9. The molecule has 3 aromatic rings. The van der Waals surface area contributed by atoms with Crippen molar-refractivity contribution in [3.63, 3.8) is 0 Å². The van der Waals surface area contributed by atoms with E-state index in [9.17, 15) is 9.59 Å². The third-order valence-corrected chi connectivity index (χ3v) is 6.72. The fourth-order valence-corrected chi connectivity index (χ4v) is 4.29. The van der Waals surface area contributed by atoms with E-state index in [-0.39, 0.29) is 11.9 Å². The van der Waals surface area contributed by atoms with Crippen molar-refractivity contribution < 1.29 is 19.1 Å². The Labute approximate surface area is 222 Å². The molecule has 0 unspecified atom stereocenters. The number of hydrazone groups is 1. The van der Waals surface area contributed by atoms with Gasteiger partial charge in [0.2, 0.25) is 0 Å². The molecule has 2 aliphatic rings. The van der Waals surface area contributed by atoms with Crippen molar-refractivity contribution in [2.24, 2.45) is 5.10 Å². The highest BCUT2D eigenvalue weighted by molar-refractivity contribution is 5.97. The first-order valence-electron chi connectivity index (χ1n) is 12.5. The van der Waals surface area contributed by atoms with Crippen LogP contribution in [0.2, 0.25) is 0 Å². The first-order chi connectivity index (χ1) is 18.4. The molecule has 38 heavy (non-hydrogen) atoms. The van der Waals surface area contributed by atoms with Crippen LogP contribution in [0.5, 0.6) is 11.5 Å². The molecule has 0 atom stereocenters. The zero-order valence-corrected chi connectivity index (χ0v) is 21.9. The van der Waals surface area contributed by atoms with E-state index in [1.807, 2.05) is 73.7 Å². The molecule has 0 aromatic heterocycles. The Bertz CT molecular complexity index is 1420. The molecular weight excluding hydrogens is 480 g/mol. The number of carbonyl (C=O) groups is 2. The summed E-state index contributed by atoms with van der Waals surface area (Å²) in [6.45, 7) is 1.84. The summed E-state index contributed by atoms with van der Waals surface area (Å²) in [5.41, 5.74) is 5.74. The number of carbonyl (C=O) groups excluding carboxylic acids is 2. The van der Waals surface area contributed by atoms with E-state index in [0.717, 1.165) is 40.8 Å². The first kappa shape index (κ1) is 25.1. The molecular formula is C30H30N4O4. The third kappa shape index (κ3) is 5.11. The van der Waals surface area contributed by atoms with Gasteiger partial charge in [0.1, 0.15) is 0 Å². The van der Waals surface area contributed by atoms with Crippen LogP contribution in [0.15, 0.2) is 71.5 Å². The molecule has 0 spiro atoms. The number of amides is 3. The van der Waals surface area contributed by atoms with Gasteiger partial charge in [0.05, 0.1) is 20.4 Å². The lowest BCUT2D eigenvalue weighted by molar-refractivity contribution is 0.0951. The number of ether oxygens (including phenoxy) is 2. The van der Waals surface area contributed by atoms with Crippen molar-refractivity contribution in [1.29, 1.82) is 0 Å². The average Bonchev–Trinajstić information content (AvgIpc) is 3.78. The van der Waals surface area contributed by atoms with Crippen molar-refractivity contribution in [2.75, 3.05) is 26.2 Å². The van der Waals surface area contributed by atoms with Crippen LogP contribution in [0.25, 0.3) is 17.2 Å². The van der Waals surface area contributed by atoms with Crippen LogP contribution in [-0.4, -0.2) is 50.5 Å². The standard InChI is InChI=1S/C30H30N4O4/c1-19-15-23-16-27(37-3)28(38-4)17-24(23)18-31-34(19)30(36)33(2)26-13-9-21(10-14-26)20-5-7-22(8-6-20)29(35)32-25-11-12-25/h5-10,13-18,25H,11-12H2,1-4H3,(H,32,35). The van der Waals surface area contributed by atoms with Crippen LogP contribution in [0.1, 0.15) is 41.3 Å². The number of nitrogens with zero attached hydrogens (tertiary/aromatic N) is 3. The topological polar surface area (TPSA) is 83.5 Å². The first-order valence-corrected chi connectivity index (χ1v) is 12.5. The van der Waals surface area contributed by atoms with E-state index in [2.05, 4.69) is 10.4 Å². The van der Waals surface area contributed by atoms with Gasteiger partial charge in [0.25, 0.3) is 5.91 Å². The molecule has 1 aliphatic heterocycles. The quantitative estimate of drug-likeness (QED) is 0.473. The highest BCUT2D eigenvalue weighted by Gasteiger charge is 2.24. The Balaban J connectivity index is 1.30. The van der Waals surface area contributed by atoms with Crippen LogP contribution in [0.3, 0.4) is 0 Å². The summed E-state index contributed by atoms with van der Waals surface area (Å²) < 4.78 is 10.8. The smallest absolute Gasteiger partial charge is 0.349 e. The third-order valence-electron chi connectivity index (χ3n) is 6.72. The normalized spacial score (nSPS) is 14.2. The molecule has 8 heteroatoms. The summed E-state index contributed by atoms with van der Waals surface area (Å²) in [5.74, 6) is 1.17. The minimum Gasteiger partial charge on any atom is -0.493 e. The van der Waals surface area contributed by atoms with E-state index in [1.54, 1.807) is 32.4 Å². The minimum atomic E-state index is -0.291. The number of rotatable bonds is 6. The van der Waals surface area contributed by atoms with Gasteiger partial charge in [0, 0.05) is 35.6 Å². The summed E-state index contributed by atoms with van der Waals surface area (Å²) in [6.07, 6.45) is 5.66. The van der Waals surface area contributed by atoms with Crippen LogP contribution < -0.4 is 19.7 Å². The summed E-state index contributed by atoms with van der Waals surface area (Å²) in [7, 11) is 4.89. The maximum atomic E-state index is 13.4. The predicted molar refractivity (Wildman–Crippen MR) is 149 cm³/mol. The van der Waals surface area contributed by atoms with Gasteiger partial charge < -0.3 is 14.8 Å². The van der Waals surface area contributed by atoms with Crippen LogP contribution in [0.4, 0.5) is 10.5 Å². The Kier molecular flexibility index (Phi) is 6.87. The second kappa shape index (κ2) is 10.4. The van der Waals surface area contributed by atoms with Gasteiger partial charge in [-0.25, -0.2) is 4.79 Å². The second-order valence-electron chi connectivity index (χ2n) is 9.39. The van der Waals surface area contributed by atoms with Crippen LogP contribution >= 0.6 is 0 Å². The molecule has 3 amide bonds. The van der Waals surface area contributed by atoms with Crippen LogP contribution in [0, 0.1) is 0 Å². The number of methoxy groups -OCH3 is 2. The average molecular weight is 511 g/mol. The number of urea groups is 1. The van der Waals surface area contributed by atoms with E-state index in [4.69, 9.17) is 9.47 Å². The number of fused-ring (bicyclic) bond motifs is 1. The summed E-state index contributed by atoms with van der Waals surface area (Å²) in [5, 5.41) is 8.83. The van der Waals surface area contributed by atoms with E-state index in [1.165, 1.54) is 5.01 Å². The molecule has 0 saturated heterocycles. The van der Waals surface area contributed by atoms with Gasteiger partial charge >= 0.3 is 6.03 Å². The maximum Gasteiger partial charge on any atom is 0.349 e. The molecule has 8 nitrogen and oxygen atoms in total. The van der Waals surface area contributed by atoms with Gasteiger partial charge in [0.15, 0.2) is 11.5 Å². The maximum absolute atomic E-state index is 13.4. The minimum absolute atomic E-state index is 0.0311. The molecule has 1 N–H and O–H groups in total. The lowest BCUT2D eigenvalue weighted by Crippen LogP contribution is -2.37. The SMILES string of the molecule is COc1cc2c(cc1OC)C=C(C)N(C(=O)N(C)c1ccc(-c3ccc(C(=O)NC4CC4)cc3)cc1)N=C2. The Morgan fingerprint density at radius 2 is 1.50 bits per heavy atom. The number of benzene rings is 3.